The fraction of sp³-hybridized carbons (Fsp3) is 0.308. The molecule has 1 rings (SSSR count). The maximum Gasteiger partial charge on any atom is 0.332 e. The molecule has 0 fully saturated rings. The fourth-order valence-electron chi connectivity index (χ4n) is 1.32. The average Bonchev–Trinajstić information content (AvgIpc) is 2.38. The van der Waals surface area contributed by atoms with Crippen LogP contribution in [-0.4, -0.2) is 38.1 Å². The molecule has 0 aliphatic carbocycles. The Labute approximate surface area is 110 Å². The van der Waals surface area contributed by atoms with Crippen molar-refractivity contribution in [3.8, 4) is 0 Å². The van der Waals surface area contributed by atoms with Gasteiger partial charge in [0.1, 0.15) is 6.61 Å². The highest BCUT2D eigenvalue weighted by atomic mass is 16.6. The van der Waals surface area contributed by atoms with Crippen LogP contribution in [-0.2, 0) is 30.3 Å². The summed E-state index contributed by atoms with van der Waals surface area (Å²) in [6.45, 7) is -0.728. The van der Waals surface area contributed by atoms with Crippen molar-refractivity contribution in [1.29, 1.82) is 0 Å². The van der Waals surface area contributed by atoms with Gasteiger partial charge in [-0.1, -0.05) is 30.3 Å². The van der Waals surface area contributed by atoms with Gasteiger partial charge in [-0.15, -0.1) is 0 Å². The highest BCUT2D eigenvalue weighted by Crippen LogP contribution is 1.98. The van der Waals surface area contributed by atoms with Gasteiger partial charge in [0.05, 0.1) is 6.42 Å². The molecule has 19 heavy (non-hydrogen) atoms. The van der Waals surface area contributed by atoms with E-state index in [1.54, 1.807) is 24.3 Å². The molecule has 0 spiro atoms. The molecule has 0 atom stereocenters. The Kier molecular flexibility index (Phi) is 6.25. The zero-order chi connectivity index (χ0) is 14.1. The van der Waals surface area contributed by atoms with E-state index >= 15 is 0 Å². The second-order valence-corrected chi connectivity index (χ2v) is 3.73. The number of rotatable bonds is 6. The van der Waals surface area contributed by atoms with E-state index in [4.69, 9.17) is 0 Å². The van der Waals surface area contributed by atoms with Crippen LogP contribution in [0.5, 0.6) is 0 Å². The summed E-state index contributed by atoms with van der Waals surface area (Å²) in [5.74, 6) is -1.77. The molecule has 2 amide bonds. The Morgan fingerprint density at radius 2 is 1.74 bits per heavy atom. The van der Waals surface area contributed by atoms with Crippen LogP contribution in [0.3, 0.4) is 0 Å². The highest BCUT2D eigenvalue weighted by molar-refractivity contribution is 5.97. The number of imide groups is 1. The summed E-state index contributed by atoms with van der Waals surface area (Å²) >= 11 is 0. The highest BCUT2D eigenvalue weighted by Gasteiger charge is 2.11. The molecule has 0 aliphatic rings. The van der Waals surface area contributed by atoms with Gasteiger partial charge >= 0.3 is 5.97 Å². The zero-order valence-electron chi connectivity index (χ0n) is 10.5. The molecule has 1 N–H and O–H groups in total. The number of benzene rings is 1. The van der Waals surface area contributed by atoms with Crippen molar-refractivity contribution in [3.63, 3.8) is 0 Å². The number of ether oxygens (including phenoxy) is 2. The van der Waals surface area contributed by atoms with Gasteiger partial charge in [0, 0.05) is 7.11 Å². The minimum Gasteiger partial charge on any atom is -0.454 e. The van der Waals surface area contributed by atoms with Gasteiger partial charge < -0.3 is 9.47 Å². The molecule has 0 heterocycles. The van der Waals surface area contributed by atoms with Gasteiger partial charge in [-0.2, -0.15) is 0 Å². The SMILES string of the molecule is COCC(=O)OCC(=O)NC(=O)Cc1ccccc1. The van der Waals surface area contributed by atoms with Crippen molar-refractivity contribution < 1.29 is 23.9 Å². The molecule has 6 heteroatoms. The topological polar surface area (TPSA) is 81.7 Å². The molecule has 0 aliphatic heterocycles. The van der Waals surface area contributed by atoms with E-state index in [1.165, 1.54) is 7.11 Å². The number of esters is 1. The molecular weight excluding hydrogens is 250 g/mol. The Balaban J connectivity index is 2.28. The van der Waals surface area contributed by atoms with Crippen LogP contribution in [0.25, 0.3) is 0 Å². The van der Waals surface area contributed by atoms with E-state index in [9.17, 15) is 14.4 Å². The first-order valence-electron chi connectivity index (χ1n) is 5.63. The van der Waals surface area contributed by atoms with E-state index in [-0.39, 0.29) is 13.0 Å². The van der Waals surface area contributed by atoms with Gasteiger partial charge in [0.15, 0.2) is 6.61 Å². The number of carbonyl (C=O) groups is 3. The summed E-state index contributed by atoms with van der Waals surface area (Å²) in [4.78, 5) is 33.7. The molecule has 6 nitrogen and oxygen atoms in total. The summed E-state index contributed by atoms with van der Waals surface area (Å²) in [6, 6.07) is 9.00. The number of hydrogen-bond donors (Lipinski definition) is 1. The maximum absolute atomic E-state index is 11.5. The van der Waals surface area contributed by atoms with E-state index in [0.717, 1.165) is 5.56 Å². The van der Waals surface area contributed by atoms with Gasteiger partial charge in [-0.3, -0.25) is 14.9 Å². The number of methoxy groups -OCH3 is 1. The van der Waals surface area contributed by atoms with E-state index in [0.29, 0.717) is 0 Å². The quantitative estimate of drug-likeness (QED) is 0.736. The molecule has 102 valence electrons. The number of carbonyl (C=O) groups excluding carboxylic acids is 3. The normalized spacial score (nSPS) is 9.74. The molecule has 0 bridgehead atoms. The Bertz CT molecular complexity index is 444. The van der Waals surface area contributed by atoms with Crippen molar-refractivity contribution >= 4 is 17.8 Å². The van der Waals surface area contributed by atoms with Crippen molar-refractivity contribution in [2.24, 2.45) is 0 Å². The third-order valence-electron chi connectivity index (χ3n) is 2.11. The van der Waals surface area contributed by atoms with Crippen molar-refractivity contribution in [2.45, 2.75) is 6.42 Å². The lowest BCUT2D eigenvalue weighted by molar-refractivity contribution is -0.152. The van der Waals surface area contributed by atoms with Gasteiger partial charge in [0.2, 0.25) is 5.91 Å². The van der Waals surface area contributed by atoms with Crippen LogP contribution in [0, 0.1) is 0 Å². The van der Waals surface area contributed by atoms with Crippen LogP contribution < -0.4 is 5.32 Å². The second-order valence-electron chi connectivity index (χ2n) is 3.73. The first-order chi connectivity index (χ1) is 9.11. The minimum atomic E-state index is -0.662. The lowest BCUT2D eigenvalue weighted by atomic mass is 10.1. The smallest absolute Gasteiger partial charge is 0.332 e. The largest absolute Gasteiger partial charge is 0.454 e. The van der Waals surface area contributed by atoms with Crippen LogP contribution >= 0.6 is 0 Å². The number of hydrogen-bond acceptors (Lipinski definition) is 5. The maximum atomic E-state index is 11.5. The second kappa shape index (κ2) is 7.99. The van der Waals surface area contributed by atoms with Crippen molar-refractivity contribution in [2.75, 3.05) is 20.3 Å². The summed E-state index contributed by atoms with van der Waals surface area (Å²) in [7, 11) is 1.34. The monoisotopic (exact) mass is 265 g/mol. The van der Waals surface area contributed by atoms with Crippen molar-refractivity contribution in [1.82, 2.24) is 5.32 Å². The Morgan fingerprint density at radius 1 is 1.05 bits per heavy atom. The summed E-state index contributed by atoms with van der Waals surface area (Å²) < 4.78 is 9.09. The van der Waals surface area contributed by atoms with Crippen LogP contribution in [0.4, 0.5) is 0 Å². The number of amides is 2. The minimum absolute atomic E-state index is 0.0958. The molecule has 0 radical (unpaired) electrons. The third-order valence-corrected chi connectivity index (χ3v) is 2.11. The lowest BCUT2D eigenvalue weighted by Gasteiger charge is -2.05. The molecule has 0 aromatic heterocycles. The molecule has 0 saturated heterocycles. The average molecular weight is 265 g/mol. The van der Waals surface area contributed by atoms with Crippen LogP contribution in [0.1, 0.15) is 5.56 Å². The molecule has 0 unspecified atom stereocenters. The predicted molar refractivity (Wildman–Crippen MR) is 66.1 cm³/mol. The van der Waals surface area contributed by atoms with Crippen LogP contribution in [0.2, 0.25) is 0 Å². The summed E-state index contributed by atoms with van der Waals surface area (Å²) in [6.07, 6.45) is 0.0958. The summed E-state index contributed by atoms with van der Waals surface area (Å²) in [5.41, 5.74) is 0.796. The third kappa shape index (κ3) is 6.32. The standard InChI is InChI=1S/C13H15NO5/c1-18-9-13(17)19-8-12(16)14-11(15)7-10-5-3-2-4-6-10/h2-6H,7-9H2,1H3,(H,14,15,16). The van der Waals surface area contributed by atoms with Crippen LogP contribution in [0.15, 0.2) is 30.3 Å². The van der Waals surface area contributed by atoms with E-state index in [2.05, 4.69) is 14.8 Å². The first-order valence-corrected chi connectivity index (χ1v) is 5.63. The van der Waals surface area contributed by atoms with Gasteiger partial charge in [-0.05, 0) is 5.56 Å². The summed E-state index contributed by atoms with van der Waals surface area (Å²) in [5, 5.41) is 2.13. The molecular formula is C13H15NO5. The number of nitrogens with one attached hydrogen (secondary N) is 1. The molecule has 1 aromatic rings. The Morgan fingerprint density at radius 3 is 2.37 bits per heavy atom. The Hall–Kier alpha value is -2.21. The van der Waals surface area contributed by atoms with Gasteiger partial charge in [0.25, 0.3) is 5.91 Å². The zero-order valence-corrected chi connectivity index (χ0v) is 10.5. The predicted octanol–water partition coefficient (Wildman–Crippen LogP) is 0.0615. The molecule has 1 aromatic carbocycles. The van der Waals surface area contributed by atoms with E-state index < -0.39 is 24.4 Å². The molecule has 0 saturated carbocycles. The first kappa shape index (κ1) is 14.8. The van der Waals surface area contributed by atoms with E-state index in [1.807, 2.05) is 6.07 Å². The van der Waals surface area contributed by atoms with Gasteiger partial charge in [-0.25, -0.2) is 4.79 Å². The fourth-order valence-corrected chi connectivity index (χ4v) is 1.32. The lowest BCUT2D eigenvalue weighted by Crippen LogP contribution is -2.35. The van der Waals surface area contributed by atoms with Crippen molar-refractivity contribution in [3.05, 3.63) is 35.9 Å².